The molecule has 166 valence electrons. The van der Waals surface area contributed by atoms with Gasteiger partial charge in [0.05, 0.1) is 12.0 Å². The second-order valence-corrected chi connectivity index (χ2v) is 10.9. The summed E-state index contributed by atoms with van der Waals surface area (Å²) in [5, 5.41) is 13.2. The third kappa shape index (κ3) is 4.61. The van der Waals surface area contributed by atoms with Crippen molar-refractivity contribution in [2.24, 2.45) is 10.8 Å². The van der Waals surface area contributed by atoms with Crippen LogP contribution in [0.1, 0.15) is 79.1 Å². The quantitative estimate of drug-likeness (QED) is 0.541. The van der Waals surface area contributed by atoms with E-state index >= 15 is 0 Å². The summed E-state index contributed by atoms with van der Waals surface area (Å²) < 4.78 is 0. The van der Waals surface area contributed by atoms with Gasteiger partial charge < -0.3 is 15.3 Å². The van der Waals surface area contributed by atoms with Crippen LogP contribution in [0.3, 0.4) is 0 Å². The minimum Gasteiger partial charge on any atom is -0.481 e. The third-order valence-corrected chi connectivity index (χ3v) is 7.27. The largest absolute Gasteiger partial charge is 0.481 e. The normalized spacial score (nSPS) is 29.4. The zero-order valence-corrected chi connectivity index (χ0v) is 19.4. The first-order valence-electron chi connectivity index (χ1n) is 11.0. The molecule has 1 saturated carbocycles. The number of nitrogens with zero attached hydrogens (tertiary/aromatic N) is 1. The van der Waals surface area contributed by atoms with Crippen LogP contribution in [0, 0.1) is 10.8 Å². The van der Waals surface area contributed by atoms with Crippen LogP contribution < -0.4 is 5.32 Å². The summed E-state index contributed by atoms with van der Waals surface area (Å²) in [5.41, 5.74) is 1.87. The summed E-state index contributed by atoms with van der Waals surface area (Å²) in [4.78, 5) is 25.4. The Labute approximate surface area is 185 Å². The Morgan fingerprint density at radius 2 is 2.07 bits per heavy atom. The minimum absolute atomic E-state index is 0.0624. The fraction of sp³-hybridized carbons (Fsp3) is 0.667. The zero-order chi connectivity index (χ0) is 22.2. The molecule has 3 aliphatic rings. The van der Waals surface area contributed by atoms with E-state index in [9.17, 15) is 9.59 Å². The predicted octanol–water partition coefficient (Wildman–Crippen LogP) is 5.97. The van der Waals surface area contributed by atoms with Gasteiger partial charge in [-0.3, -0.25) is 4.79 Å². The van der Waals surface area contributed by atoms with E-state index in [1.807, 2.05) is 6.20 Å². The second-order valence-electron chi connectivity index (χ2n) is 10.5. The van der Waals surface area contributed by atoms with Gasteiger partial charge in [-0.1, -0.05) is 57.9 Å². The highest BCUT2D eigenvalue weighted by Gasteiger charge is 2.54. The van der Waals surface area contributed by atoms with Gasteiger partial charge in [-0.2, -0.15) is 0 Å². The fourth-order valence-corrected chi connectivity index (χ4v) is 5.40. The molecule has 0 aromatic heterocycles. The summed E-state index contributed by atoms with van der Waals surface area (Å²) >= 11 is 6.81. The maximum Gasteiger partial charge on any atom is 0.322 e. The summed E-state index contributed by atoms with van der Waals surface area (Å²) in [7, 11) is 0. The predicted molar refractivity (Wildman–Crippen MR) is 120 cm³/mol. The van der Waals surface area contributed by atoms with Crippen molar-refractivity contribution in [2.75, 3.05) is 6.54 Å². The van der Waals surface area contributed by atoms with Crippen molar-refractivity contribution in [2.45, 2.75) is 84.6 Å². The summed E-state index contributed by atoms with van der Waals surface area (Å²) in [6, 6.07) is -0.213. The highest BCUT2D eigenvalue weighted by molar-refractivity contribution is 6.30. The van der Waals surface area contributed by atoms with Gasteiger partial charge in [-0.05, 0) is 55.1 Å². The maximum atomic E-state index is 12.9. The molecule has 5 nitrogen and oxygen atoms in total. The average molecular weight is 435 g/mol. The lowest BCUT2D eigenvalue weighted by Gasteiger charge is -2.55. The lowest BCUT2D eigenvalue weighted by Crippen LogP contribution is -2.65. The Morgan fingerprint density at radius 3 is 2.70 bits per heavy atom. The van der Waals surface area contributed by atoms with Crippen molar-refractivity contribution in [1.29, 1.82) is 0 Å². The van der Waals surface area contributed by atoms with Gasteiger partial charge in [-0.25, -0.2) is 4.79 Å². The molecule has 2 atom stereocenters. The number of carboxylic acids is 1. The second kappa shape index (κ2) is 8.41. The van der Waals surface area contributed by atoms with Crippen LogP contribution in [-0.2, 0) is 4.79 Å². The molecule has 0 spiro atoms. The fourth-order valence-electron chi connectivity index (χ4n) is 4.97. The van der Waals surface area contributed by atoms with Crippen LogP contribution in [0.15, 0.2) is 34.5 Å². The molecule has 1 aliphatic heterocycles. The van der Waals surface area contributed by atoms with Gasteiger partial charge >= 0.3 is 12.0 Å². The van der Waals surface area contributed by atoms with E-state index < -0.39 is 11.5 Å². The third-order valence-electron chi connectivity index (χ3n) is 6.90. The van der Waals surface area contributed by atoms with Crippen LogP contribution in [0.4, 0.5) is 4.79 Å². The van der Waals surface area contributed by atoms with Crippen LogP contribution in [0.5, 0.6) is 0 Å². The zero-order valence-electron chi connectivity index (χ0n) is 18.7. The minimum atomic E-state index is -0.899. The first kappa shape index (κ1) is 22.9. The van der Waals surface area contributed by atoms with Crippen molar-refractivity contribution in [3.05, 3.63) is 34.5 Å². The first-order chi connectivity index (χ1) is 14.0. The molecule has 2 aliphatic carbocycles. The molecule has 3 rings (SSSR count). The number of carbonyl (C=O) groups is 2. The number of urea groups is 1. The number of aliphatic carboxylic acids is 1. The lowest BCUT2D eigenvalue weighted by molar-refractivity contribution is -0.137. The molecular weight excluding hydrogens is 400 g/mol. The van der Waals surface area contributed by atoms with E-state index in [1.165, 1.54) is 16.0 Å². The Bertz CT molecular complexity index is 808. The molecule has 0 aromatic carbocycles. The Hall–Kier alpha value is -1.75. The molecular formula is C24H35ClN2O3. The molecule has 0 aromatic rings. The number of fused-ring (bicyclic) bond motifs is 1. The summed E-state index contributed by atoms with van der Waals surface area (Å²) in [5.74, 6) is -0.899. The number of hydrogen-bond donors (Lipinski definition) is 2. The van der Waals surface area contributed by atoms with E-state index in [1.54, 1.807) is 0 Å². The number of carbonyl (C=O) groups excluding carboxylic acids is 1. The van der Waals surface area contributed by atoms with Gasteiger partial charge in [0.25, 0.3) is 0 Å². The molecule has 30 heavy (non-hydrogen) atoms. The number of halogens is 1. The van der Waals surface area contributed by atoms with E-state index in [4.69, 9.17) is 16.7 Å². The van der Waals surface area contributed by atoms with Crippen LogP contribution in [0.25, 0.3) is 0 Å². The van der Waals surface area contributed by atoms with Gasteiger partial charge in [0.2, 0.25) is 0 Å². The monoisotopic (exact) mass is 434 g/mol. The molecule has 0 radical (unpaired) electrons. The van der Waals surface area contributed by atoms with Gasteiger partial charge in [-0.15, -0.1) is 0 Å². The molecule has 1 heterocycles. The highest BCUT2D eigenvalue weighted by atomic mass is 35.5. The number of amides is 2. The van der Waals surface area contributed by atoms with Crippen LogP contribution in [-0.4, -0.2) is 34.1 Å². The van der Waals surface area contributed by atoms with Crippen molar-refractivity contribution in [3.63, 3.8) is 0 Å². The van der Waals surface area contributed by atoms with Crippen molar-refractivity contribution >= 4 is 23.6 Å². The smallest absolute Gasteiger partial charge is 0.322 e. The van der Waals surface area contributed by atoms with Crippen LogP contribution >= 0.6 is 11.6 Å². The topological polar surface area (TPSA) is 69.6 Å². The van der Waals surface area contributed by atoms with Crippen LogP contribution in [0.2, 0.25) is 0 Å². The lowest BCUT2D eigenvalue weighted by atomic mass is 9.58. The Morgan fingerprint density at radius 1 is 1.33 bits per heavy atom. The van der Waals surface area contributed by atoms with Crippen molar-refractivity contribution < 1.29 is 14.7 Å². The number of nitrogens with one attached hydrogen (secondary N) is 1. The molecule has 0 saturated heterocycles. The molecule has 1 unspecified atom stereocenters. The van der Waals surface area contributed by atoms with E-state index in [0.717, 1.165) is 43.6 Å². The highest BCUT2D eigenvalue weighted by Crippen LogP contribution is 2.53. The average Bonchev–Trinajstić information content (AvgIpc) is 2.64. The molecule has 6 heteroatoms. The maximum absolute atomic E-state index is 12.9. The SMILES string of the molecule is CC(C)(C)CCC1=C(Cl)CC(C)([C@]23CCCCC2=CN(CCC(=O)O)C(=O)N3)C=C1. The van der Waals surface area contributed by atoms with Gasteiger partial charge in [0.15, 0.2) is 0 Å². The number of carboxylic acid groups (broad SMARTS) is 1. The Kier molecular flexibility index (Phi) is 6.43. The Balaban J connectivity index is 1.87. The number of hydrogen-bond acceptors (Lipinski definition) is 2. The first-order valence-corrected chi connectivity index (χ1v) is 11.4. The molecule has 1 fully saturated rings. The van der Waals surface area contributed by atoms with E-state index in [2.05, 4.69) is 45.2 Å². The van der Waals surface area contributed by atoms with E-state index in [-0.39, 0.29) is 29.8 Å². The molecule has 0 bridgehead atoms. The molecule has 2 amide bonds. The van der Waals surface area contributed by atoms with Gasteiger partial charge in [0, 0.05) is 23.2 Å². The van der Waals surface area contributed by atoms with E-state index in [0.29, 0.717) is 6.42 Å². The molecule has 2 N–H and O–H groups in total. The number of allylic oxidation sites excluding steroid dienone is 3. The standard InChI is InChI=1S/C24H35ClN2O3/c1-22(2,3)12-8-17-9-13-23(4,15-19(17)25)24-11-6-5-7-18(24)16-27(21(30)26-24)14-10-20(28)29/h9,13,16H,5-8,10-12,14-15H2,1-4H3,(H,26,30)(H,28,29)/t23?,24-/m0/s1. The number of rotatable bonds is 6. The van der Waals surface area contributed by atoms with Gasteiger partial charge in [0.1, 0.15) is 0 Å². The van der Waals surface area contributed by atoms with Crippen molar-refractivity contribution in [1.82, 2.24) is 10.2 Å². The summed E-state index contributed by atoms with van der Waals surface area (Å²) in [6.45, 7) is 9.10. The van der Waals surface area contributed by atoms with Crippen molar-refractivity contribution in [3.8, 4) is 0 Å². The summed E-state index contributed by atoms with van der Waals surface area (Å²) in [6.07, 6.45) is 12.9.